The lowest BCUT2D eigenvalue weighted by atomic mass is 10.3. The van der Waals surface area contributed by atoms with E-state index in [1.54, 1.807) is 23.1 Å². The Kier molecular flexibility index (Phi) is 7.71. The number of carbonyl (C=O) groups excluding carboxylic acids is 1. The van der Waals surface area contributed by atoms with Crippen LogP contribution in [0.2, 0.25) is 0 Å². The SMILES string of the molecule is CCCCSc1nnc(SCC(=O)Nc2ccccc2Br)s1. The van der Waals surface area contributed by atoms with Crippen LogP contribution < -0.4 is 5.32 Å². The first-order valence-corrected chi connectivity index (χ1v) is 10.4. The monoisotopic (exact) mass is 417 g/mol. The summed E-state index contributed by atoms with van der Waals surface area (Å²) in [5, 5.41) is 11.1. The van der Waals surface area contributed by atoms with Gasteiger partial charge < -0.3 is 5.32 Å². The average molecular weight is 418 g/mol. The van der Waals surface area contributed by atoms with Gasteiger partial charge in [-0.1, -0.05) is 60.3 Å². The summed E-state index contributed by atoms with van der Waals surface area (Å²) in [5.41, 5.74) is 0.779. The molecule has 1 amide bonds. The average Bonchev–Trinajstić information content (AvgIpc) is 2.96. The summed E-state index contributed by atoms with van der Waals surface area (Å²) in [6, 6.07) is 7.55. The van der Waals surface area contributed by atoms with Crippen LogP contribution in [-0.2, 0) is 4.79 Å². The van der Waals surface area contributed by atoms with Crippen LogP contribution in [0.5, 0.6) is 0 Å². The van der Waals surface area contributed by atoms with E-state index < -0.39 is 0 Å². The summed E-state index contributed by atoms with van der Waals surface area (Å²) in [4.78, 5) is 12.0. The molecule has 0 atom stereocenters. The van der Waals surface area contributed by atoms with E-state index in [-0.39, 0.29) is 5.91 Å². The summed E-state index contributed by atoms with van der Waals surface area (Å²) in [6.07, 6.45) is 2.36. The maximum atomic E-state index is 12.0. The minimum absolute atomic E-state index is 0.0488. The number of hydrogen-bond donors (Lipinski definition) is 1. The van der Waals surface area contributed by atoms with E-state index in [9.17, 15) is 4.79 Å². The van der Waals surface area contributed by atoms with Gasteiger partial charge in [0.15, 0.2) is 8.68 Å². The van der Waals surface area contributed by atoms with Crippen molar-refractivity contribution in [3.8, 4) is 0 Å². The first-order valence-electron chi connectivity index (χ1n) is 6.82. The molecule has 0 aliphatic heterocycles. The Labute approximate surface area is 151 Å². The fraction of sp³-hybridized carbons (Fsp3) is 0.357. The molecule has 0 aliphatic carbocycles. The van der Waals surface area contributed by atoms with Crippen LogP contribution in [0.15, 0.2) is 37.4 Å². The highest BCUT2D eigenvalue weighted by Gasteiger charge is 2.09. The molecule has 0 fully saturated rings. The molecule has 118 valence electrons. The van der Waals surface area contributed by atoms with Crippen molar-refractivity contribution in [2.75, 3.05) is 16.8 Å². The minimum Gasteiger partial charge on any atom is -0.324 e. The van der Waals surface area contributed by atoms with Crippen LogP contribution in [0.25, 0.3) is 0 Å². The van der Waals surface area contributed by atoms with E-state index in [0.29, 0.717) is 5.75 Å². The van der Waals surface area contributed by atoms with Crippen molar-refractivity contribution in [2.45, 2.75) is 28.4 Å². The summed E-state index contributed by atoms with van der Waals surface area (Å²) in [6.45, 7) is 2.17. The molecule has 8 heteroatoms. The second-order valence-corrected chi connectivity index (χ2v) is 8.75. The number of unbranched alkanes of at least 4 members (excludes halogenated alkanes) is 1. The lowest BCUT2D eigenvalue weighted by Crippen LogP contribution is -2.14. The molecule has 22 heavy (non-hydrogen) atoms. The van der Waals surface area contributed by atoms with Gasteiger partial charge in [0.1, 0.15) is 0 Å². The zero-order valence-corrected chi connectivity index (χ0v) is 16.1. The van der Waals surface area contributed by atoms with E-state index >= 15 is 0 Å². The number of aromatic nitrogens is 2. The predicted molar refractivity (Wildman–Crippen MR) is 99.0 cm³/mol. The fourth-order valence-electron chi connectivity index (χ4n) is 1.49. The van der Waals surface area contributed by atoms with Gasteiger partial charge in [-0.05, 0) is 34.5 Å². The van der Waals surface area contributed by atoms with Gasteiger partial charge in [-0.15, -0.1) is 10.2 Å². The molecule has 0 aliphatic rings. The Morgan fingerprint density at radius 2 is 2.00 bits per heavy atom. The maximum Gasteiger partial charge on any atom is 0.234 e. The van der Waals surface area contributed by atoms with E-state index in [4.69, 9.17) is 0 Å². The number of nitrogens with one attached hydrogen (secondary N) is 1. The Morgan fingerprint density at radius 3 is 2.73 bits per heavy atom. The first-order chi connectivity index (χ1) is 10.7. The topological polar surface area (TPSA) is 54.9 Å². The molecule has 0 saturated carbocycles. The van der Waals surface area contributed by atoms with Gasteiger partial charge in [0.2, 0.25) is 5.91 Å². The van der Waals surface area contributed by atoms with Crippen molar-refractivity contribution in [3.05, 3.63) is 28.7 Å². The molecule has 4 nitrogen and oxygen atoms in total. The zero-order chi connectivity index (χ0) is 15.8. The van der Waals surface area contributed by atoms with Crippen LogP contribution in [0.3, 0.4) is 0 Å². The Bertz CT molecular complexity index is 621. The number of benzene rings is 1. The van der Waals surface area contributed by atoms with Crippen LogP contribution in [0, 0.1) is 0 Å². The molecule has 0 unspecified atom stereocenters. The smallest absolute Gasteiger partial charge is 0.234 e. The summed E-state index contributed by atoms with van der Waals surface area (Å²) < 4.78 is 2.68. The van der Waals surface area contributed by atoms with Gasteiger partial charge in [-0.25, -0.2) is 0 Å². The molecule has 1 N–H and O–H groups in total. The highest BCUT2D eigenvalue weighted by atomic mass is 79.9. The lowest BCUT2D eigenvalue weighted by molar-refractivity contribution is -0.113. The molecule has 0 radical (unpaired) electrons. The quantitative estimate of drug-likeness (QED) is 0.487. The van der Waals surface area contributed by atoms with Gasteiger partial charge in [0.25, 0.3) is 0 Å². The second kappa shape index (κ2) is 9.54. The number of amides is 1. The van der Waals surface area contributed by atoms with Crippen LogP contribution >= 0.6 is 50.8 Å². The summed E-state index contributed by atoms with van der Waals surface area (Å²) in [7, 11) is 0. The predicted octanol–water partition coefficient (Wildman–Crippen LogP) is 4.92. The first kappa shape index (κ1) is 17.8. The summed E-state index contributed by atoms with van der Waals surface area (Å²) >= 11 is 8.11. The van der Waals surface area contributed by atoms with Crippen LogP contribution in [0.4, 0.5) is 5.69 Å². The summed E-state index contributed by atoms with van der Waals surface area (Å²) in [5.74, 6) is 1.35. The molecule has 1 aromatic carbocycles. The van der Waals surface area contributed by atoms with Crippen molar-refractivity contribution in [3.63, 3.8) is 0 Å². The molecule has 0 bridgehead atoms. The van der Waals surface area contributed by atoms with Gasteiger partial charge in [0, 0.05) is 10.2 Å². The zero-order valence-electron chi connectivity index (χ0n) is 12.0. The lowest BCUT2D eigenvalue weighted by Gasteiger charge is -2.05. The standard InChI is InChI=1S/C14H16BrN3OS3/c1-2-3-8-20-13-17-18-14(22-13)21-9-12(19)16-11-7-5-4-6-10(11)15/h4-7H,2-3,8-9H2,1H3,(H,16,19). The number of nitrogens with zero attached hydrogens (tertiary/aromatic N) is 2. The Hall–Kier alpha value is -0.570. The van der Waals surface area contributed by atoms with E-state index in [0.717, 1.165) is 24.6 Å². The Morgan fingerprint density at radius 1 is 1.27 bits per heavy atom. The normalized spacial score (nSPS) is 10.6. The van der Waals surface area contributed by atoms with Gasteiger partial charge >= 0.3 is 0 Å². The molecule has 1 aromatic heterocycles. The van der Waals surface area contributed by atoms with Gasteiger partial charge in [-0.3, -0.25) is 4.79 Å². The van der Waals surface area contributed by atoms with E-state index in [1.807, 2.05) is 24.3 Å². The molecule has 0 spiro atoms. The van der Waals surface area contributed by atoms with Crippen molar-refractivity contribution in [1.82, 2.24) is 10.2 Å². The third kappa shape index (κ3) is 5.91. The second-order valence-electron chi connectivity index (χ2n) is 4.35. The third-order valence-electron chi connectivity index (χ3n) is 2.59. The van der Waals surface area contributed by atoms with Crippen molar-refractivity contribution in [1.29, 1.82) is 0 Å². The molecule has 0 saturated heterocycles. The number of para-hydroxylation sites is 1. The third-order valence-corrected chi connectivity index (χ3v) is 6.55. The van der Waals surface area contributed by atoms with Gasteiger partial charge in [0.05, 0.1) is 11.4 Å². The fourth-order valence-corrected chi connectivity index (χ4v) is 4.85. The van der Waals surface area contributed by atoms with Crippen LogP contribution in [0.1, 0.15) is 19.8 Å². The minimum atomic E-state index is -0.0488. The maximum absolute atomic E-state index is 12.0. The highest BCUT2D eigenvalue weighted by molar-refractivity contribution is 9.10. The van der Waals surface area contributed by atoms with Crippen molar-refractivity contribution >= 4 is 62.4 Å². The number of anilines is 1. The molecule has 1 heterocycles. The van der Waals surface area contributed by atoms with E-state index in [1.165, 1.54) is 24.6 Å². The number of carbonyl (C=O) groups is 1. The Balaban J connectivity index is 1.78. The number of rotatable bonds is 8. The molecular formula is C14H16BrN3OS3. The molecular weight excluding hydrogens is 402 g/mol. The van der Waals surface area contributed by atoms with Crippen LogP contribution in [-0.4, -0.2) is 27.6 Å². The molecule has 2 aromatic rings. The number of hydrogen-bond acceptors (Lipinski definition) is 6. The van der Waals surface area contributed by atoms with Gasteiger partial charge in [-0.2, -0.15) is 0 Å². The number of halogens is 1. The van der Waals surface area contributed by atoms with E-state index in [2.05, 4.69) is 38.4 Å². The molecule has 2 rings (SSSR count). The number of thioether (sulfide) groups is 2. The highest BCUT2D eigenvalue weighted by Crippen LogP contribution is 2.29. The van der Waals surface area contributed by atoms with Crippen molar-refractivity contribution in [2.24, 2.45) is 0 Å². The van der Waals surface area contributed by atoms with Crippen molar-refractivity contribution < 1.29 is 4.79 Å². The largest absolute Gasteiger partial charge is 0.324 e.